The van der Waals surface area contributed by atoms with Crippen LogP contribution in [-0.2, 0) is 0 Å². The van der Waals surface area contributed by atoms with Crippen molar-refractivity contribution < 1.29 is 8.78 Å². The van der Waals surface area contributed by atoms with Crippen LogP contribution in [0.2, 0.25) is 0 Å². The van der Waals surface area contributed by atoms with Gasteiger partial charge in [-0.3, -0.25) is 4.79 Å². The molecule has 0 spiro atoms. The number of aryl methyl sites for hydroxylation is 1. The van der Waals surface area contributed by atoms with E-state index in [9.17, 15) is 13.6 Å². The molecule has 1 heterocycles. The zero-order valence-electron chi connectivity index (χ0n) is 9.85. The summed E-state index contributed by atoms with van der Waals surface area (Å²) >= 11 is 4.70. The Hall–Kier alpha value is -2.15. The smallest absolute Gasteiger partial charge is 0.210 e. The van der Waals surface area contributed by atoms with E-state index in [0.29, 0.717) is 5.69 Å². The minimum absolute atomic E-state index is 0.0106. The van der Waals surface area contributed by atoms with Crippen LogP contribution in [-0.4, -0.2) is 14.8 Å². The van der Waals surface area contributed by atoms with E-state index in [1.807, 2.05) is 0 Å². The summed E-state index contributed by atoms with van der Waals surface area (Å²) in [5.74, 6) is -1.50. The Kier molecular flexibility index (Phi) is 3.39. The second-order valence-corrected chi connectivity index (χ2v) is 4.31. The molecule has 0 saturated heterocycles. The fourth-order valence-electron chi connectivity index (χ4n) is 1.61. The first-order chi connectivity index (χ1) is 8.90. The summed E-state index contributed by atoms with van der Waals surface area (Å²) in [7, 11) is 0. The molecule has 0 unspecified atom stereocenters. The monoisotopic (exact) mass is 281 g/mol. The molecule has 0 aliphatic heterocycles. The fourth-order valence-corrected chi connectivity index (χ4v) is 1.76. The molecule has 4 nitrogen and oxygen atoms in total. The van der Waals surface area contributed by atoms with Crippen LogP contribution >= 0.6 is 12.2 Å². The van der Waals surface area contributed by atoms with E-state index in [-0.39, 0.29) is 16.4 Å². The minimum atomic E-state index is -0.798. The van der Waals surface area contributed by atoms with Crippen LogP contribution in [0.5, 0.6) is 0 Å². The Bertz CT molecular complexity index is 727. The molecule has 2 N–H and O–H groups in total. The molecule has 2 aromatic rings. The number of nitrogens with zero attached hydrogens (tertiary/aromatic N) is 2. The lowest BCUT2D eigenvalue weighted by Gasteiger charge is -2.11. The van der Waals surface area contributed by atoms with Gasteiger partial charge in [0.1, 0.15) is 16.5 Å². The molecule has 0 bridgehead atoms. The largest absolute Gasteiger partial charge is 0.388 e. The van der Waals surface area contributed by atoms with Crippen LogP contribution in [0.4, 0.5) is 8.78 Å². The molecule has 0 aliphatic rings. The van der Waals surface area contributed by atoms with E-state index < -0.39 is 17.1 Å². The molecule has 19 heavy (non-hydrogen) atoms. The van der Waals surface area contributed by atoms with Crippen molar-refractivity contribution in [1.29, 1.82) is 0 Å². The fraction of sp³-hybridized carbons (Fsp3) is 0.0833. The van der Waals surface area contributed by atoms with Gasteiger partial charge in [0.25, 0.3) is 0 Å². The van der Waals surface area contributed by atoms with Crippen molar-refractivity contribution in [3.8, 4) is 5.69 Å². The summed E-state index contributed by atoms with van der Waals surface area (Å²) in [6, 6.07) is 4.29. The highest BCUT2D eigenvalue weighted by molar-refractivity contribution is 7.80. The van der Waals surface area contributed by atoms with Crippen molar-refractivity contribution in [2.45, 2.75) is 6.92 Å². The lowest BCUT2D eigenvalue weighted by molar-refractivity contribution is 0.570. The van der Waals surface area contributed by atoms with Crippen LogP contribution in [0, 0.1) is 18.6 Å². The maximum Gasteiger partial charge on any atom is 0.210 e. The lowest BCUT2D eigenvalue weighted by atomic mass is 10.2. The van der Waals surface area contributed by atoms with Gasteiger partial charge in [0.05, 0.1) is 0 Å². The van der Waals surface area contributed by atoms with E-state index in [4.69, 9.17) is 18.0 Å². The van der Waals surface area contributed by atoms with E-state index in [0.717, 1.165) is 16.8 Å². The molecule has 1 aromatic carbocycles. The number of halogens is 2. The molecule has 1 aromatic heterocycles. The van der Waals surface area contributed by atoms with Gasteiger partial charge in [0.15, 0.2) is 11.5 Å². The lowest BCUT2D eigenvalue weighted by Crippen LogP contribution is -2.26. The van der Waals surface area contributed by atoms with Crippen molar-refractivity contribution in [3.63, 3.8) is 0 Å². The van der Waals surface area contributed by atoms with Crippen molar-refractivity contribution >= 4 is 17.2 Å². The Labute approximate surface area is 112 Å². The number of rotatable bonds is 2. The maximum atomic E-state index is 13.7. The molecule has 0 amide bonds. The average molecular weight is 281 g/mol. The average Bonchev–Trinajstić information content (AvgIpc) is 2.30. The second kappa shape index (κ2) is 4.85. The summed E-state index contributed by atoms with van der Waals surface area (Å²) < 4.78 is 27.7. The Morgan fingerprint density at radius 2 is 2.05 bits per heavy atom. The molecule has 2 rings (SSSR count). The summed E-state index contributed by atoms with van der Waals surface area (Å²) in [5, 5.41) is 3.91. The Morgan fingerprint density at radius 3 is 2.63 bits per heavy atom. The van der Waals surface area contributed by atoms with Crippen LogP contribution < -0.4 is 11.2 Å². The standard InChI is InChI=1S/C12H9F2N3OS/c1-6-4-10(18)11(12(15)19)16-17(6)9-3-2-7(13)5-8(9)14/h2-5H,1H3,(H2,15,19). The molecule has 98 valence electrons. The van der Waals surface area contributed by atoms with Crippen molar-refractivity contribution in [2.24, 2.45) is 5.73 Å². The summed E-state index contributed by atoms with van der Waals surface area (Å²) in [4.78, 5) is 11.4. The topological polar surface area (TPSA) is 60.9 Å². The van der Waals surface area contributed by atoms with Gasteiger partial charge < -0.3 is 5.73 Å². The summed E-state index contributed by atoms with van der Waals surface area (Å²) in [6.45, 7) is 1.57. The highest BCUT2D eigenvalue weighted by atomic mass is 32.1. The van der Waals surface area contributed by atoms with Crippen molar-refractivity contribution in [3.05, 3.63) is 57.5 Å². The van der Waals surface area contributed by atoms with Gasteiger partial charge in [-0.2, -0.15) is 5.10 Å². The molecule has 0 radical (unpaired) electrons. The maximum absolute atomic E-state index is 13.7. The van der Waals surface area contributed by atoms with E-state index in [1.54, 1.807) is 6.92 Å². The first kappa shape index (κ1) is 13.3. The van der Waals surface area contributed by atoms with Crippen molar-refractivity contribution in [2.75, 3.05) is 0 Å². The van der Waals surface area contributed by atoms with Gasteiger partial charge in [-0.15, -0.1) is 0 Å². The van der Waals surface area contributed by atoms with Gasteiger partial charge in [-0.05, 0) is 19.1 Å². The third-order valence-corrected chi connectivity index (χ3v) is 2.67. The first-order valence-corrected chi connectivity index (χ1v) is 5.67. The van der Waals surface area contributed by atoms with E-state index >= 15 is 0 Å². The highest BCUT2D eigenvalue weighted by Gasteiger charge is 2.12. The third kappa shape index (κ3) is 2.50. The predicted molar refractivity (Wildman–Crippen MR) is 70.4 cm³/mol. The zero-order valence-corrected chi connectivity index (χ0v) is 10.7. The number of hydrogen-bond acceptors (Lipinski definition) is 3. The van der Waals surface area contributed by atoms with Crippen LogP contribution in [0.15, 0.2) is 29.1 Å². The first-order valence-electron chi connectivity index (χ1n) is 5.26. The van der Waals surface area contributed by atoms with Gasteiger partial charge in [0.2, 0.25) is 5.43 Å². The highest BCUT2D eigenvalue weighted by Crippen LogP contribution is 2.15. The quantitative estimate of drug-likeness (QED) is 0.846. The molecule has 0 fully saturated rings. The van der Waals surface area contributed by atoms with Crippen LogP contribution in [0.25, 0.3) is 5.69 Å². The van der Waals surface area contributed by atoms with Gasteiger partial charge >= 0.3 is 0 Å². The number of nitrogens with two attached hydrogens (primary N) is 1. The van der Waals surface area contributed by atoms with Crippen molar-refractivity contribution in [1.82, 2.24) is 9.78 Å². The number of aromatic nitrogens is 2. The van der Waals surface area contributed by atoms with Gasteiger partial charge in [-0.1, -0.05) is 12.2 Å². The number of thiocarbonyl (C=S) groups is 1. The zero-order chi connectivity index (χ0) is 14.2. The molecular formula is C12H9F2N3OS. The molecule has 0 aliphatic carbocycles. The van der Waals surface area contributed by atoms with Crippen LogP contribution in [0.3, 0.4) is 0 Å². The van der Waals surface area contributed by atoms with Gasteiger partial charge in [0, 0.05) is 17.8 Å². The molecule has 0 atom stereocenters. The predicted octanol–water partition coefficient (Wildman–Crippen LogP) is 1.45. The number of hydrogen-bond donors (Lipinski definition) is 1. The summed E-state index contributed by atoms with van der Waals surface area (Å²) in [6.07, 6.45) is 0. The number of benzene rings is 1. The second-order valence-electron chi connectivity index (χ2n) is 3.87. The third-order valence-electron chi connectivity index (χ3n) is 2.48. The van der Waals surface area contributed by atoms with Crippen LogP contribution in [0.1, 0.15) is 11.4 Å². The molecular weight excluding hydrogens is 272 g/mol. The molecule has 7 heteroatoms. The SMILES string of the molecule is Cc1cc(=O)c(C(N)=S)nn1-c1ccc(F)cc1F. The Balaban J connectivity index is 2.71. The minimum Gasteiger partial charge on any atom is -0.388 e. The van der Waals surface area contributed by atoms with Gasteiger partial charge in [-0.25, -0.2) is 13.5 Å². The Morgan fingerprint density at radius 1 is 1.37 bits per heavy atom. The normalized spacial score (nSPS) is 10.5. The van der Waals surface area contributed by atoms with E-state index in [2.05, 4.69) is 5.10 Å². The molecule has 0 saturated carbocycles. The summed E-state index contributed by atoms with van der Waals surface area (Å²) in [5.41, 5.74) is 5.20. The van der Waals surface area contributed by atoms with E-state index in [1.165, 1.54) is 12.1 Å².